The molecular formula is C14H14N4S. The third kappa shape index (κ3) is 3.97. The van der Waals surface area contributed by atoms with E-state index in [9.17, 15) is 0 Å². The van der Waals surface area contributed by atoms with E-state index < -0.39 is 0 Å². The van der Waals surface area contributed by atoms with Crippen molar-refractivity contribution in [3.8, 4) is 6.07 Å². The van der Waals surface area contributed by atoms with Crippen molar-refractivity contribution in [3.05, 3.63) is 46.2 Å². The second-order valence-electron chi connectivity index (χ2n) is 4.06. The normalized spacial score (nSPS) is 12.4. The van der Waals surface area contributed by atoms with E-state index >= 15 is 0 Å². The topological polar surface area (TPSA) is 61.9 Å². The van der Waals surface area contributed by atoms with Gasteiger partial charge in [0.05, 0.1) is 6.07 Å². The number of hydrogen-bond acceptors (Lipinski definition) is 5. The number of pyridine rings is 1. The van der Waals surface area contributed by atoms with Crippen molar-refractivity contribution < 1.29 is 0 Å². The first-order valence-corrected chi connectivity index (χ1v) is 6.89. The standard InChI is InChI=1S/C14H14N4S/c1-11-10-19-14(18-11)12(8-15)9-16-7-5-13-4-2-3-6-17-13/h2-4,6,9-10,12H,5,7H2,1H3/t12-/m0/s1. The Bertz CT molecular complexity index is 583. The van der Waals surface area contributed by atoms with Crippen LogP contribution in [0, 0.1) is 18.3 Å². The smallest absolute Gasteiger partial charge is 0.133 e. The molecule has 0 amide bonds. The van der Waals surface area contributed by atoms with Gasteiger partial charge in [-0.2, -0.15) is 5.26 Å². The number of rotatable bonds is 5. The number of hydrogen-bond donors (Lipinski definition) is 0. The predicted octanol–water partition coefficient (Wildman–Crippen LogP) is 2.77. The Balaban J connectivity index is 1.89. The highest BCUT2D eigenvalue weighted by Crippen LogP contribution is 2.17. The summed E-state index contributed by atoms with van der Waals surface area (Å²) in [7, 11) is 0. The Morgan fingerprint density at radius 2 is 2.42 bits per heavy atom. The van der Waals surface area contributed by atoms with Crippen LogP contribution in [0.25, 0.3) is 0 Å². The highest BCUT2D eigenvalue weighted by atomic mass is 32.1. The van der Waals surface area contributed by atoms with Crippen molar-refractivity contribution in [2.45, 2.75) is 19.3 Å². The van der Waals surface area contributed by atoms with Crippen molar-refractivity contribution in [1.82, 2.24) is 9.97 Å². The molecule has 19 heavy (non-hydrogen) atoms. The minimum Gasteiger partial charge on any atom is -0.295 e. The molecule has 5 heteroatoms. The van der Waals surface area contributed by atoms with Crippen LogP contribution in [0.4, 0.5) is 0 Å². The van der Waals surface area contributed by atoms with Crippen molar-refractivity contribution in [1.29, 1.82) is 5.26 Å². The Morgan fingerprint density at radius 3 is 3.05 bits per heavy atom. The summed E-state index contributed by atoms with van der Waals surface area (Å²) in [5, 5.41) is 11.9. The molecule has 96 valence electrons. The van der Waals surface area contributed by atoms with Crippen LogP contribution in [-0.4, -0.2) is 22.7 Å². The van der Waals surface area contributed by atoms with Crippen LogP contribution in [-0.2, 0) is 6.42 Å². The number of nitrogens with zero attached hydrogens (tertiary/aromatic N) is 4. The molecule has 0 unspecified atom stereocenters. The summed E-state index contributed by atoms with van der Waals surface area (Å²) in [6.45, 7) is 2.56. The quantitative estimate of drug-likeness (QED) is 0.785. The first-order valence-electron chi connectivity index (χ1n) is 6.01. The molecule has 2 aromatic heterocycles. The predicted molar refractivity (Wildman–Crippen MR) is 76.5 cm³/mol. The maximum atomic E-state index is 9.12. The summed E-state index contributed by atoms with van der Waals surface area (Å²) in [6.07, 6.45) is 4.24. The molecule has 0 aromatic carbocycles. The molecule has 2 aromatic rings. The fraction of sp³-hybridized carbons (Fsp3) is 0.286. The van der Waals surface area contributed by atoms with E-state index in [-0.39, 0.29) is 5.92 Å². The summed E-state index contributed by atoms with van der Waals surface area (Å²) in [5.41, 5.74) is 1.96. The van der Waals surface area contributed by atoms with Gasteiger partial charge >= 0.3 is 0 Å². The molecule has 2 heterocycles. The molecular weight excluding hydrogens is 256 g/mol. The lowest BCUT2D eigenvalue weighted by atomic mass is 10.2. The van der Waals surface area contributed by atoms with Gasteiger partial charge < -0.3 is 0 Å². The minimum atomic E-state index is -0.345. The lowest BCUT2D eigenvalue weighted by Crippen LogP contribution is -1.99. The second-order valence-corrected chi connectivity index (χ2v) is 4.95. The van der Waals surface area contributed by atoms with E-state index in [0.29, 0.717) is 6.54 Å². The van der Waals surface area contributed by atoms with Gasteiger partial charge in [-0.3, -0.25) is 9.98 Å². The Kier molecular flexibility index (Phi) is 4.76. The van der Waals surface area contributed by atoms with Crippen LogP contribution >= 0.6 is 11.3 Å². The van der Waals surface area contributed by atoms with Gasteiger partial charge in [0.25, 0.3) is 0 Å². The highest BCUT2D eigenvalue weighted by molar-refractivity contribution is 7.09. The Hall–Kier alpha value is -2.06. The average molecular weight is 270 g/mol. The number of nitriles is 1. The first kappa shape index (κ1) is 13.4. The molecule has 2 rings (SSSR count). The molecule has 1 atom stereocenters. The number of thiazole rings is 1. The van der Waals surface area contributed by atoms with E-state index in [1.807, 2.05) is 30.5 Å². The van der Waals surface area contributed by atoms with Crippen molar-refractivity contribution in [2.75, 3.05) is 6.54 Å². The van der Waals surface area contributed by atoms with Gasteiger partial charge in [0.1, 0.15) is 10.9 Å². The number of aliphatic imine (C=N–C) groups is 1. The molecule has 0 saturated heterocycles. The first-order chi connectivity index (χ1) is 9.29. The van der Waals surface area contributed by atoms with E-state index in [1.165, 1.54) is 11.3 Å². The van der Waals surface area contributed by atoms with Gasteiger partial charge in [-0.25, -0.2) is 4.98 Å². The van der Waals surface area contributed by atoms with E-state index in [4.69, 9.17) is 5.26 Å². The van der Waals surface area contributed by atoms with Gasteiger partial charge in [0.15, 0.2) is 0 Å². The fourth-order valence-corrected chi connectivity index (χ4v) is 2.37. The van der Waals surface area contributed by atoms with Gasteiger partial charge in [0, 0.05) is 42.1 Å². The van der Waals surface area contributed by atoms with Crippen LogP contribution in [0.15, 0.2) is 34.8 Å². The maximum Gasteiger partial charge on any atom is 0.133 e. The molecule has 0 aliphatic heterocycles. The van der Waals surface area contributed by atoms with E-state index in [1.54, 1.807) is 12.4 Å². The van der Waals surface area contributed by atoms with Gasteiger partial charge in [0.2, 0.25) is 0 Å². The van der Waals surface area contributed by atoms with E-state index in [2.05, 4.69) is 21.0 Å². The van der Waals surface area contributed by atoms with Gasteiger partial charge in [-0.1, -0.05) is 6.07 Å². The van der Waals surface area contributed by atoms with E-state index in [0.717, 1.165) is 22.8 Å². The zero-order chi connectivity index (χ0) is 13.5. The molecule has 0 bridgehead atoms. The lowest BCUT2D eigenvalue weighted by molar-refractivity contribution is 0.920. The third-order valence-electron chi connectivity index (χ3n) is 2.52. The number of aromatic nitrogens is 2. The largest absolute Gasteiger partial charge is 0.295 e. The highest BCUT2D eigenvalue weighted by Gasteiger charge is 2.11. The molecule has 4 nitrogen and oxygen atoms in total. The molecule has 0 aliphatic carbocycles. The van der Waals surface area contributed by atoms with Crippen molar-refractivity contribution >= 4 is 17.6 Å². The fourth-order valence-electron chi connectivity index (χ4n) is 1.57. The van der Waals surface area contributed by atoms with Gasteiger partial charge in [-0.15, -0.1) is 11.3 Å². The summed E-state index contributed by atoms with van der Waals surface area (Å²) in [6, 6.07) is 8.04. The Labute approximate surface area is 116 Å². The van der Waals surface area contributed by atoms with Crippen LogP contribution in [0.2, 0.25) is 0 Å². The third-order valence-corrected chi connectivity index (χ3v) is 3.57. The Morgan fingerprint density at radius 1 is 1.53 bits per heavy atom. The average Bonchev–Trinajstić information content (AvgIpc) is 2.86. The monoisotopic (exact) mass is 270 g/mol. The summed E-state index contributed by atoms with van der Waals surface area (Å²) < 4.78 is 0. The maximum absolute atomic E-state index is 9.12. The van der Waals surface area contributed by atoms with Crippen LogP contribution in [0.1, 0.15) is 22.3 Å². The van der Waals surface area contributed by atoms with Gasteiger partial charge in [-0.05, 0) is 19.1 Å². The summed E-state index contributed by atoms with van der Waals surface area (Å²) in [4.78, 5) is 12.8. The summed E-state index contributed by atoms with van der Waals surface area (Å²) in [5.74, 6) is -0.345. The molecule has 0 N–H and O–H groups in total. The molecule has 0 fully saturated rings. The molecule has 0 spiro atoms. The van der Waals surface area contributed by atoms with Crippen molar-refractivity contribution in [2.24, 2.45) is 4.99 Å². The molecule has 0 saturated carbocycles. The molecule has 0 radical (unpaired) electrons. The zero-order valence-corrected chi connectivity index (χ0v) is 11.5. The molecule has 0 aliphatic rings. The van der Waals surface area contributed by atoms with Crippen LogP contribution < -0.4 is 0 Å². The minimum absolute atomic E-state index is 0.345. The van der Waals surface area contributed by atoms with Crippen molar-refractivity contribution in [3.63, 3.8) is 0 Å². The van der Waals surface area contributed by atoms with Crippen LogP contribution in [0.5, 0.6) is 0 Å². The number of aryl methyl sites for hydroxylation is 1. The summed E-state index contributed by atoms with van der Waals surface area (Å²) >= 11 is 1.50. The van der Waals surface area contributed by atoms with Crippen LogP contribution in [0.3, 0.4) is 0 Å². The SMILES string of the molecule is Cc1csc([C@@H](C#N)C=NCCc2ccccn2)n1. The second kappa shape index (κ2) is 6.76. The zero-order valence-electron chi connectivity index (χ0n) is 10.7. The lowest BCUT2D eigenvalue weighted by Gasteiger charge is -1.98.